The first-order valence-electron chi connectivity index (χ1n) is 7.37. The average Bonchev–Trinajstić information content (AvgIpc) is 3.39. The van der Waals surface area contributed by atoms with Crippen LogP contribution in [0.25, 0.3) is 11.0 Å². The van der Waals surface area contributed by atoms with Crippen LogP contribution in [-0.4, -0.2) is 21.8 Å². The molecule has 1 aromatic heterocycles. The average molecular weight is 288 g/mol. The van der Waals surface area contributed by atoms with Gasteiger partial charge in [-0.15, -0.1) is 0 Å². The molecule has 1 heterocycles. The van der Waals surface area contributed by atoms with E-state index in [4.69, 9.17) is 0 Å². The van der Waals surface area contributed by atoms with E-state index in [1.807, 2.05) is 0 Å². The topological polar surface area (TPSA) is 94.1 Å². The number of nitrogens with zero attached hydrogens (tertiary/aromatic N) is 3. The van der Waals surface area contributed by atoms with Gasteiger partial charge in [-0.05, 0) is 59.8 Å². The molecule has 2 aromatic rings. The van der Waals surface area contributed by atoms with E-state index in [-0.39, 0.29) is 11.2 Å². The molecule has 7 nitrogen and oxygen atoms in total. The molecule has 0 spiro atoms. The third-order valence-electron chi connectivity index (χ3n) is 4.57. The fourth-order valence-electron chi connectivity index (χ4n) is 3.14. The number of nitrogens with one attached hydrogen (secondary N) is 1. The van der Waals surface area contributed by atoms with Gasteiger partial charge >= 0.3 is 5.69 Å². The van der Waals surface area contributed by atoms with Gasteiger partial charge in [-0.25, -0.2) is 4.63 Å². The maximum Gasteiger partial charge on any atom is 0.300 e. The molecule has 21 heavy (non-hydrogen) atoms. The van der Waals surface area contributed by atoms with Crippen molar-refractivity contribution >= 4 is 22.4 Å². The van der Waals surface area contributed by atoms with Crippen molar-refractivity contribution in [3.05, 3.63) is 22.2 Å². The predicted octanol–water partition coefficient (Wildman–Crippen LogP) is 2.98. The lowest BCUT2D eigenvalue weighted by Gasteiger charge is -2.17. The van der Waals surface area contributed by atoms with Gasteiger partial charge in [-0.3, -0.25) is 10.1 Å². The van der Waals surface area contributed by atoms with Crippen molar-refractivity contribution in [3.8, 4) is 0 Å². The lowest BCUT2D eigenvalue weighted by atomic mass is 9.98. The van der Waals surface area contributed by atoms with Gasteiger partial charge in [0.05, 0.1) is 10.6 Å². The minimum absolute atomic E-state index is 0.0715. The minimum atomic E-state index is -0.465. The van der Waals surface area contributed by atoms with Crippen LogP contribution in [0.5, 0.6) is 0 Å². The molecule has 1 aromatic carbocycles. The summed E-state index contributed by atoms with van der Waals surface area (Å²) in [6, 6.07) is 3.15. The molecule has 7 heteroatoms. The summed E-state index contributed by atoms with van der Waals surface area (Å²) < 4.78 is 4.68. The Balaban J connectivity index is 1.57. The monoisotopic (exact) mass is 288 g/mol. The standard InChI is InChI=1S/C14H16N4O3/c19-18(20)12-6-5-11(13-14(12)17-21-16-13)15-7-10(8-1-2-8)9-3-4-9/h5-6,8-10,15H,1-4,7H2. The molecule has 110 valence electrons. The molecule has 1 N–H and O–H groups in total. The predicted molar refractivity (Wildman–Crippen MR) is 75.9 cm³/mol. The highest BCUT2D eigenvalue weighted by Crippen LogP contribution is 2.49. The second-order valence-corrected chi connectivity index (χ2v) is 6.07. The van der Waals surface area contributed by atoms with E-state index in [9.17, 15) is 10.1 Å². The zero-order chi connectivity index (χ0) is 14.4. The van der Waals surface area contributed by atoms with E-state index >= 15 is 0 Å². The van der Waals surface area contributed by atoms with Crippen LogP contribution in [0.4, 0.5) is 11.4 Å². The number of nitro benzene ring substituents is 1. The molecule has 0 amide bonds. The molecule has 0 unspecified atom stereocenters. The summed E-state index contributed by atoms with van der Waals surface area (Å²) in [7, 11) is 0. The Labute approximate surface area is 120 Å². The molecule has 0 saturated heterocycles. The lowest BCUT2D eigenvalue weighted by molar-refractivity contribution is -0.383. The van der Waals surface area contributed by atoms with Crippen molar-refractivity contribution in [2.45, 2.75) is 25.7 Å². The SMILES string of the molecule is O=[N+]([O-])c1ccc(NCC(C2CC2)C2CC2)c2nonc12. The van der Waals surface area contributed by atoms with Gasteiger partial charge in [0.2, 0.25) is 5.52 Å². The number of rotatable bonds is 6. The van der Waals surface area contributed by atoms with E-state index in [1.54, 1.807) is 6.07 Å². The molecular weight excluding hydrogens is 272 g/mol. The van der Waals surface area contributed by atoms with Gasteiger partial charge in [-0.2, -0.15) is 0 Å². The van der Waals surface area contributed by atoms with Crippen LogP contribution < -0.4 is 5.32 Å². The number of nitro groups is 1. The molecule has 0 bridgehead atoms. The second kappa shape index (κ2) is 4.68. The summed E-state index contributed by atoms with van der Waals surface area (Å²) in [6.45, 7) is 0.898. The van der Waals surface area contributed by atoms with E-state index in [0.29, 0.717) is 5.52 Å². The summed E-state index contributed by atoms with van der Waals surface area (Å²) in [5, 5.41) is 21.8. The lowest BCUT2D eigenvalue weighted by Crippen LogP contribution is -2.18. The maximum atomic E-state index is 11.0. The summed E-state index contributed by atoms with van der Waals surface area (Å²) >= 11 is 0. The summed E-state index contributed by atoms with van der Waals surface area (Å²) in [6.07, 6.45) is 5.35. The normalized spacial score (nSPS) is 18.3. The number of hydrogen-bond acceptors (Lipinski definition) is 6. The molecule has 2 aliphatic carbocycles. The largest absolute Gasteiger partial charge is 0.383 e. The van der Waals surface area contributed by atoms with E-state index in [1.165, 1.54) is 31.7 Å². The van der Waals surface area contributed by atoms with Crippen LogP contribution >= 0.6 is 0 Å². The Bertz CT molecular complexity index is 679. The summed E-state index contributed by atoms with van der Waals surface area (Å²) in [5.74, 6) is 2.43. The number of anilines is 1. The first-order valence-corrected chi connectivity index (χ1v) is 7.37. The number of hydrogen-bond donors (Lipinski definition) is 1. The van der Waals surface area contributed by atoms with Crippen molar-refractivity contribution in [2.75, 3.05) is 11.9 Å². The molecule has 0 radical (unpaired) electrons. The van der Waals surface area contributed by atoms with Gasteiger partial charge < -0.3 is 5.32 Å². The van der Waals surface area contributed by atoms with Gasteiger partial charge in [0.25, 0.3) is 0 Å². The Hall–Kier alpha value is -2.18. The Morgan fingerprint density at radius 3 is 2.52 bits per heavy atom. The van der Waals surface area contributed by atoms with Crippen LogP contribution in [0.2, 0.25) is 0 Å². The van der Waals surface area contributed by atoms with Gasteiger partial charge in [0, 0.05) is 12.6 Å². The third-order valence-corrected chi connectivity index (χ3v) is 4.57. The number of fused-ring (bicyclic) bond motifs is 1. The van der Waals surface area contributed by atoms with E-state index in [0.717, 1.165) is 30.0 Å². The molecular formula is C14H16N4O3. The van der Waals surface area contributed by atoms with E-state index < -0.39 is 4.92 Å². The molecule has 2 fully saturated rings. The van der Waals surface area contributed by atoms with E-state index in [2.05, 4.69) is 20.3 Å². The van der Waals surface area contributed by atoms with Crippen molar-refractivity contribution in [1.82, 2.24) is 10.3 Å². The number of aromatic nitrogens is 2. The summed E-state index contributed by atoms with van der Waals surface area (Å²) in [5.41, 5.74) is 1.34. The van der Waals surface area contributed by atoms with Crippen LogP contribution in [0.1, 0.15) is 25.7 Å². The number of non-ortho nitro benzene ring substituents is 1. The fourth-order valence-corrected chi connectivity index (χ4v) is 3.14. The molecule has 4 rings (SSSR count). The highest BCUT2D eigenvalue weighted by molar-refractivity contribution is 5.93. The van der Waals surface area contributed by atoms with Crippen LogP contribution in [0.15, 0.2) is 16.8 Å². The molecule has 0 aliphatic heterocycles. The fraction of sp³-hybridized carbons (Fsp3) is 0.571. The van der Waals surface area contributed by atoms with Crippen LogP contribution in [0, 0.1) is 27.9 Å². The zero-order valence-corrected chi connectivity index (χ0v) is 11.5. The highest BCUT2D eigenvalue weighted by Gasteiger charge is 2.41. The van der Waals surface area contributed by atoms with Crippen molar-refractivity contribution < 1.29 is 9.55 Å². The smallest absolute Gasteiger partial charge is 0.300 e. The minimum Gasteiger partial charge on any atom is -0.383 e. The Morgan fingerprint density at radius 1 is 1.24 bits per heavy atom. The van der Waals surface area contributed by atoms with Crippen molar-refractivity contribution in [1.29, 1.82) is 0 Å². The van der Waals surface area contributed by atoms with Crippen molar-refractivity contribution in [2.24, 2.45) is 17.8 Å². The second-order valence-electron chi connectivity index (χ2n) is 6.07. The number of benzene rings is 1. The van der Waals surface area contributed by atoms with Crippen LogP contribution in [0.3, 0.4) is 0 Å². The quantitative estimate of drug-likeness (QED) is 0.648. The van der Waals surface area contributed by atoms with Crippen molar-refractivity contribution in [3.63, 3.8) is 0 Å². The first kappa shape index (κ1) is 12.6. The maximum absolute atomic E-state index is 11.0. The Morgan fingerprint density at radius 2 is 1.90 bits per heavy atom. The molecule has 2 aliphatic rings. The summed E-state index contributed by atoms with van der Waals surface area (Å²) in [4.78, 5) is 10.5. The third kappa shape index (κ3) is 2.32. The highest BCUT2D eigenvalue weighted by atomic mass is 16.6. The first-order chi connectivity index (χ1) is 10.2. The van der Waals surface area contributed by atoms with Gasteiger partial charge in [0.15, 0.2) is 5.52 Å². The molecule has 2 saturated carbocycles. The van der Waals surface area contributed by atoms with Gasteiger partial charge in [-0.1, -0.05) is 0 Å². The zero-order valence-electron chi connectivity index (χ0n) is 11.5. The van der Waals surface area contributed by atoms with Gasteiger partial charge in [0.1, 0.15) is 0 Å². The Kier molecular flexibility index (Phi) is 2.80. The molecule has 0 atom stereocenters. The van der Waals surface area contributed by atoms with Crippen LogP contribution in [-0.2, 0) is 0 Å².